The SMILES string of the molecule is C=CS(=O)(=O)CCNc1cccc(C(N)=O)c1S(=O)(=O)O. The summed E-state index contributed by atoms with van der Waals surface area (Å²) < 4.78 is 54.4. The van der Waals surface area contributed by atoms with Crippen molar-refractivity contribution in [2.24, 2.45) is 5.73 Å². The van der Waals surface area contributed by atoms with Gasteiger partial charge in [-0.3, -0.25) is 9.35 Å². The van der Waals surface area contributed by atoms with Crippen molar-refractivity contribution >= 4 is 31.5 Å². The third-order valence-electron chi connectivity index (χ3n) is 2.49. The first-order valence-corrected chi connectivity index (χ1v) is 8.73. The molecule has 0 saturated carbocycles. The van der Waals surface area contributed by atoms with Gasteiger partial charge in [0.25, 0.3) is 10.1 Å². The fourth-order valence-electron chi connectivity index (χ4n) is 1.56. The molecule has 0 heterocycles. The summed E-state index contributed by atoms with van der Waals surface area (Å²) in [5, 5.41) is 3.31. The predicted molar refractivity (Wildman–Crippen MR) is 77.2 cm³/mol. The topological polar surface area (TPSA) is 144 Å². The van der Waals surface area contributed by atoms with Crippen LogP contribution in [0.2, 0.25) is 0 Å². The molecule has 4 N–H and O–H groups in total. The van der Waals surface area contributed by atoms with Gasteiger partial charge >= 0.3 is 0 Å². The van der Waals surface area contributed by atoms with Gasteiger partial charge in [-0.2, -0.15) is 8.42 Å². The number of nitrogens with two attached hydrogens (primary N) is 1. The third-order valence-corrected chi connectivity index (χ3v) is 4.73. The zero-order valence-electron chi connectivity index (χ0n) is 10.8. The zero-order valence-corrected chi connectivity index (χ0v) is 12.4. The summed E-state index contributed by atoms with van der Waals surface area (Å²) in [4.78, 5) is 10.5. The van der Waals surface area contributed by atoms with E-state index in [9.17, 15) is 26.2 Å². The quantitative estimate of drug-likeness (QED) is 0.595. The molecule has 116 valence electrons. The van der Waals surface area contributed by atoms with E-state index in [1.54, 1.807) is 0 Å². The summed E-state index contributed by atoms with van der Waals surface area (Å²) in [5.74, 6) is -1.37. The largest absolute Gasteiger partial charge is 0.383 e. The number of primary amides is 1. The molecule has 0 aliphatic heterocycles. The smallest absolute Gasteiger partial charge is 0.297 e. The van der Waals surface area contributed by atoms with Crippen molar-refractivity contribution in [1.82, 2.24) is 0 Å². The fourth-order valence-corrected chi connectivity index (χ4v) is 2.98. The van der Waals surface area contributed by atoms with Gasteiger partial charge in [-0.05, 0) is 12.1 Å². The second-order valence-electron chi connectivity index (χ2n) is 3.98. The molecule has 1 rings (SSSR count). The average Bonchev–Trinajstić information content (AvgIpc) is 2.37. The number of amides is 1. The van der Waals surface area contributed by atoms with Crippen molar-refractivity contribution in [3.8, 4) is 0 Å². The second-order valence-corrected chi connectivity index (χ2v) is 7.41. The van der Waals surface area contributed by atoms with Gasteiger partial charge in [0.15, 0.2) is 9.84 Å². The van der Waals surface area contributed by atoms with Crippen LogP contribution in [0.25, 0.3) is 0 Å². The first-order valence-electron chi connectivity index (χ1n) is 5.58. The van der Waals surface area contributed by atoms with E-state index in [2.05, 4.69) is 11.9 Å². The number of carbonyl (C=O) groups is 1. The summed E-state index contributed by atoms with van der Waals surface area (Å²) in [6.07, 6.45) is 0. The van der Waals surface area contributed by atoms with Crippen LogP contribution >= 0.6 is 0 Å². The van der Waals surface area contributed by atoms with Crippen LogP contribution in [0.5, 0.6) is 0 Å². The summed E-state index contributed by atoms with van der Waals surface area (Å²) in [6, 6.07) is 3.76. The highest BCUT2D eigenvalue weighted by Gasteiger charge is 2.23. The van der Waals surface area contributed by atoms with Crippen LogP contribution in [-0.4, -0.2) is 39.6 Å². The van der Waals surface area contributed by atoms with Gasteiger partial charge in [0.2, 0.25) is 5.91 Å². The molecule has 1 aromatic carbocycles. The fraction of sp³-hybridized carbons (Fsp3) is 0.182. The molecule has 0 aliphatic rings. The molecule has 10 heteroatoms. The molecule has 0 fully saturated rings. The predicted octanol–water partition coefficient (Wildman–Crippen LogP) is 0.00240. The lowest BCUT2D eigenvalue weighted by Crippen LogP contribution is -2.19. The minimum Gasteiger partial charge on any atom is -0.383 e. The Bertz CT molecular complexity index is 768. The Kier molecular flexibility index (Phi) is 5.10. The van der Waals surface area contributed by atoms with Crippen LogP contribution in [0.3, 0.4) is 0 Å². The van der Waals surface area contributed by atoms with Crippen molar-refractivity contribution in [1.29, 1.82) is 0 Å². The van der Waals surface area contributed by atoms with Crippen LogP contribution in [0.4, 0.5) is 5.69 Å². The normalized spacial score (nSPS) is 11.9. The molecular weight excluding hydrogens is 320 g/mol. The van der Waals surface area contributed by atoms with Crippen molar-refractivity contribution in [3.05, 3.63) is 35.7 Å². The number of hydrogen-bond acceptors (Lipinski definition) is 6. The van der Waals surface area contributed by atoms with E-state index in [4.69, 9.17) is 5.73 Å². The summed E-state index contributed by atoms with van der Waals surface area (Å²) >= 11 is 0. The van der Waals surface area contributed by atoms with Crippen LogP contribution in [0.1, 0.15) is 10.4 Å². The molecule has 0 aliphatic carbocycles. The van der Waals surface area contributed by atoms with E-state index in [0.717, 1.165) is 11.5 Å². The van der Waals surface area contributed by atoms with Gasteiger partial charge in [-0.15, -0.1) is 0 Å². The Hall–Kier alpha value is -1.91. The number of anilines is 1. The van der Waals surface area contributed by atoms with Crippen LogP contribution < -0.4 is 11.1 Å². The first-order chi connectivity index (χ1) is 9.58. The van der Waals surface area contributed by atoms with E-state index in [1.165, 1.54) is 12.1 Å². The summed E-state index contributed by atoms with van der Waals surface area (Å²) in [7, 11) is -8.18. The lowest BCUT2D eigenvalue weighted by molar-refractivity contribution is 0.0997. The highest BCUT2D eigenvalue weighted by molar-refractivity contribution is 7.94. The molecular formula is C11H14N2O6S2. The second kappa shape index (κ2) is 6.24. The van der Waals surface area contributed by atoms with Crippen molar-refractivity contribution < 1.29 is 26.2 Å². The number of rotatable bonds is 7. The minimum absolute atomic E-state index is 0.118. The van der Waals surface area contributed by atoms with Crippen molar-refractivity contribution in [2.45, 2.75) is 4.90 Å². The molecule has 1 amide bonds. The molecule has 21 heavy (non-hydrogen) atoms. The summed E-state index contributed by atoms with van der Waals surface area (Å²) in [5.41, 5.74) is 4.54. The standard InChI is InChI=1S/C11H14N2O6S2/c1-2-20(15,16)7-6-13-9-5-3-4-8(11(12)14)10(9)21(17,18)19/h2-5,13H,1,6-7H2,(H2,12,14)(H,17,18,19). The van der Waals surface area contributed by atoms with Gasteiger partial charge in [0.05, 0.1) is 17.0 Å². The van der Waals surface area contributed by atoms with E-state index >= 15 is 0 Å². The third kappa shape index (κ3) is 4.55. The molecule has 0 saturated heterocycles. The maximum Gasteiger partial charge on any atom is 0.297 e. The van der Waals surface area contributed by atoms with Gasteiger partial charge < -0.3 is 11.1 Å². The Morgan fingerprint density at radius 1 is 1.33 bits per heavy atom. The van der Waals surface area contributed by atoms with Crippen molar-refractivity contribution in [2.75, 3.05) is 17.6 Å². The van der Waals surface area contributed by atoms with E-state index in [0.29, 0.717) is 0 Å². The van der Waals surface area contributed by atoms with Gasteiger partial charge in [-0.25, -0.2) is 8.42 Å². The molecule has 0 bridgehead atoms. The highest BCUT2D eigenvalue weighted by Crippen LogP contribution is 2.25. The number of benzene rings is 1. The van der Waals surface area contributed by atoms with Crippen molar-refractivity contribution in [3.63, 3.8) is 0 Å². The van der Waals surface area contributed by atoms with E-state index in [-0.39, 0.29) is 18.0 Å². The van der Waals surface area contributed by atoms with E-state index < -0.39 is 36.3 Å². The van der Waals surface area contributed by atoms with Crippen LogP contribution in [0.15, 0.2) is 35.1 Å². The molecule has 0 aromatic heterocycles. The maximum atomic E-state index is 11.4. The molecule has 0 unspecified atom stereocenters. The van der Waals surface area contributed by atoms with Gasteiger partial charge in [-0.1, -0.05) is 12.6 Å². The highest BCUT2D eigenvalue weighted by atomic mass is 32.2. The van der Waals surface area contributed by atoms with Crippen LogP contribution in [-0.2, 0) is 20.0 Å². The Balaban J connectivity index is 3.17. The number of carbonyl (C=O) groups excluding carboxylic acids is 1. The Morgan fingerprint density at radius 2 is 1.95 bits per heavy atom. The van der Waals surface area contributed by atoms with Gasteiger partial charge in [0.1, 0.15) is 4.90 Å². The molecule has 0 spiro atoms. The number of nitrogens with one attached hydrogen (secondary N) is 1. The lowest BCUT2D eigenvalue weighted by Gasteiger charge is -2.12. The Morgan fingerprint density at radius 3 is 2.43 bits per heavy atom. The monoisotopic (exact) mass is 334 g/mol. The Labute approximate surface area is 122 Å². The zero-order chi connectivity index (χ0) is 16.3. The average molecular weight is 334 g/mol. The van der Waals surface area contributed by atoms with E-state index in [1.807, 2.05) is 0 Å². The molecule has 8 nitrogen and oxygen atoms in total. The summed E-state index contributed by atoms with van der Waals surface area (Å²) in [6.45, 7) is 3.00. The number of sulfone groups is 1. The molecule has 1 aromatic rings. The number of hydrogen-bond donors (Lipinski definition) is 3. The van der Waals surface area contributed by atoms with Crippen LogP contribution in [0, 0.1) is 0 Å². The minimum atomic E-state index is -4.71. The molecule has 0 atom stereocenters. The lowest BCUT2D eigenvalue weighted by atomic mass is 10.2. The maximum absolute atomic E-state index is 11.4. The first kappa shape index (κ1) is 17.1. The van der Waals surface area contributed by atoms with Gasteiger partial charge in [0, 0.05) is 12.0 Å². The molecule has 0 radical (unpaired) electrons.